The molecule has 6 nitrogen and oxygen atoms in total. The van der Waals surface area contributed by atoms with Crippen LogP contribution in [0.5, 0.6) is 0 Å². The molecule has 0 saturated carbocycles. The Morgan fingerprint density at radius 3 is 2.46 bits per heavy atom. The Morgan fingerprint density at radius 1 is 1.08 bits per heavy atom. The van der Waals surface area contributed by atoms with Gasteiger partial charge in [-0.2, -0.15) is 0 Å². The lowest BCUT2D eigenvalue weighted by Gasteiger charge is -2.31. The van der Waals surface area contributed by atoms with E-state index in [2.05, 4.69) is 10.6 Å². The van der Waals surface area contributed by atoms with E-state index in [1.807, 2.05) is 11.4 Å². The van der Waals surface area contributed by atoms with Gasteiger partial charge < -0.3 is 15.5 Å². The van der Waals surface area contributed by atoms with Crippen LogP contribution in [-0.2, 0) is 4.79 Å². The SMILES string of the molecule is CNC(=O)C1CCN(C(=O)c2ccccc2NC(=O)c2cccs2)CC1. The fraction of sp³-hybridized carbons (Fsp3) is 0.316. The topological polar surface area (TPSA) is 78.5 Å². The predicted octanol–water partition coefficient (Wildman–Crippen LogP) is 2.60. The van der Waals surface area contributed by atoms with Gasteiger partial charge in [-0.3, -0.25) is 14.4 Å². The lowest BCUT2D eigenvalue weighted by Crippen LogP contribution is -2.42. The minimum atomic E-state index is -0.224. The second-order valence-corrected chi connectivity index (χ2v) is 7.11. The summed E-state index contributed by atoms with van der Waals surface area (Å²) in [7, 11) is 1.63. The maximum Gasteiger partial charge on any atom is 0.265 e. The van der Waals surface area contributed by atoms with Crippen molar-refractivity contribution in [3.05, 3.63) is 52.2 Å². The molecule has 3 rings (SSSR count). The van der Waals surface area contributed by atoms with Gasteiger partial charge in [-0.25, -0.2) is 0 Å². The van der Waals surface area contributed by atoms with Crippen LogP contribution in [-0.4, -0.2) is 42.8 Å². The van der Waals surface area contributed by atoms with Crippen molar-refractivity contribution < 1.29 is 14.4 Å². The van der Waals surface area contributed by atoms with E-state index >= 15 is 0 Å². The normalized spacial score (nSPS) is 14.7. The van der Waals surface area contributed by atoms with E-state index in [4.69, 9.17) is 0 Å². The molecule has 1 aliphatic heterocycles. The molecule has 1 fully saturated rings. The number of anilines is 1. The number of nitrogens with zero attached hydrogens (tertiary/aromatic N) is 1. The third kappa shape index (κ3) is 3.94. The number of rotatable bonds is 4. The lowest BCUT2D eigenvalue weighted by molar-refractivity contribution is -0.125. The zero-order chi connectivity index (χ0) is 18.5. The molecule has 1 aromatic heterocycles. The summed E-state index contributed by atoms with van der Waals surface area (Å²) in [5.41, 5.74) is 0.972. The third-order valence-corrected chi connectivity index (χ3v) is 5.42. The van der Waals surface area contributed by atoms with E-state index in [1.165, 1.54) is 11.3 Å². The summed E-state index contributed by atoms with van der Waals surface area (Å²) in [6.45, 7) is 1.06. The fourth-order valence-electron chi connectivity index (χ4n) is 3.09. The Bertz CT molecular complexity index is 796. The molecule has 1 aromatic carbocycles. The van der Waals surface area contributed by atoms with Crippen LogP contribution >= 0.6 is 11.3 Å². The third-order valence-electron chi connectivity index (χ3n) is 4.55. The zero-order valence-electron chi connectivity index (χ0n) is 14.5. The second kappa shape index (κ2) is 8.14. The maximum atomic E-state index is 12.9. The Labute approximate surface area is 156 Å². The van der Waals surface area contributed by atoms with E-state index in [0.29, 0.717) is 42.1 Å². The van der Waals surface area contributed by atoms with Crippen LogP contribution in [0.1, 0.15) is 32.9 Å². The summed E-state index contributed by atoms with van der Waals surface area (Å²) in [4.78, 5) is 39.3. The number of carbonyl (C=O) groups is 3. The van der Waals surface area contributed by atoms with Crippen LogP contribution < -0.4 is 10.6 Å². The van der Waals surface area contributed by atoms with Gasteiger partial charge in [0, 0.05) is 26.1 Å². The Balaban J connectivity index is 1.70. The van der Waals surface area contributed by atoms with Crippen LogP contribution in [0.4, 0.5) is 5.69 Å². The first-order valence-corrected chi connectivity index (χ1v) is 9.43. The van der Waals surface area contributed by atoms with Crippen molar-refractivity contribution in [1.29, 1.82) is 0 Å². The first-order chi connectivity index (χ1) is 12.6. The summed E-state index contributed by atoms with van der Waals surface area (Å²) in [6, 6.07) is 10.6. The summed E-state index contributed by atoms with van der Waals surface area (Å²) in [5, 5.41) is 7.33. The molecule has 2 N–H and O–H groups in total. The number of benzene rings is 1. The first kappa shape index (κ1) is 18.1. The monoisotopic (exact) mass is 371 g/mol. The highest BCUT2D eigenvalue weighted by atomic mass is 32.1. The van der Waals surface area contributed by atoms with Crippen molar-refractivity contribution in [2.45, 2.75) is 12.8 Å². The molecule has 0 unspecified atom stereocenters. The summed E-state index contributed by atoms with van der Waals surface area (Å²) >= 11 is 1.35. The summed E-state index contributed by atoms with van der Waals surface area (Å²) in [5.74, 6) is -0.362. The molecular weight excluding hydrogens is 350 g/mol. The van der Waals surface area contributed by atoms with Crippen molar-refractivity contribution in [3.8, 4) is 0 Å². The van der Waals surface area contributed by atoms with Crippen molar-refractivity contribution in [2.75, 3.05) is 25.5 Å². The molecule has 0 atom stereocenters. The predicted molar refractivity (Wildman–Crippen MR) is 101 cm³/mol. The van der Waals surface area contributed by atoms with E-state index in [-0.39, 0.29) is 23.6 Å². The second-order valence-electron chi connectivity index (χ2n) is 6.16. The van der Waals surface area contributed by atoms with E-state index in [1.54, 1.807) is 42.3 Å². The Hall–Kier alpha value is -2.67. The van der Waals surface area contributed by atoms with Gasteiger partial charge in [0.15, 0.2) is 0 Å². The molecule has 0 bridgehead atoms. The molecule has 136 valence electrons. The molecular formula is C19H21N3O3S. The van der Waals surface area contributed by atoms with Gasteiger partial charge in [-0.15, -0.1) is 11.3 Å². The maximum absolute atomic E-state index is 12.9. The highest BCUT2D eigenvalue weighted by molar-refractivity contribution is 7.12. The standard InChI is InChI=1S/C19H21N3O3S/c1-20-17(23)13-8-10-22(11-9-13)19(25)14-5-2-3-6-15(14)21-18(24)16-7-4-12-26-16/h2-7,12-13H,8-11H2,1H3,(H,20,23)(H,21,24). The molecule has 2 aromatic rings. The van der Waals surface area contributed by atoms with Gasteiger partial charge in [0.05, 0.1) is 16.1 Å². The number of nitrogens with one attached hydrogen (secondary N) is 2. The van der Waals surface area contributed by atoms with Gasteiger partial charge >= 0.3 is 0 Å². The molecule has 1 aliphatic rings. The molecule has 1 saturated heterocycles. The van der Waals surface area contributed by atoms with E-state index < -0.39 is 0 Å². The van der Waals surface area contributed by atoms with Crippen LogP contribution in [0.15, 0.2) is 41.8 Å². The minimum absolute atomic E-state index is 0.0284. The van der Waals surface area contributed by atoms with Crippen molar-refractivity contribution >= 4 is 34.7 Å². The first-order valence-electron chi connectivity index (χ1n) is 8.55. The number of thiophene rings is 1. The quantitative estimate of drug-likeness (QED) is 0.867. The number of hydrogen-bond donors (Lipinski definition) is 2. The van der Waals surface area contributed by atoms with Gasteiger partial charge in [0.1, 0.15) is 0 Å². The van der Waals surface area contributed by atoms with Crippen molar-refractivity contribution in [1.82, 2.24) is 10.2 Å². The van der Waals surface area contributed by atoms with Gasteiger partial charge in [0.25, 0.3) is 11.8 Å². The number of likely N-dealkylation sites (tertiary alicyclic amines) is 1. The van der Waals surface area contributed by atoms with Crippen molar-refractivity contribution in [2.24, 2.45) is 5.92 Å². The van der Waals surface area contributed by atoms with E-state index in [9.17, 15) is 14.4 Å². The molecule has 0 aliphatic carbocycles. The molecule has 26 heavy (non-hydrogen) atoms. The number of amides is 3. The van der Waals surface area contributed by atoms with Crippen LogP contribution in [0.3, 0.4) is 0 Å². The summed E-state index contributed by atoms with van der Waals surface area (Å²) in [6.07, 6.45) is 1.30. The number of para-hydroxylation sites is 1. The lowest BCUT2D eigenvalue weighted by atomic mass is 9.95. The average Bonchev–Trinajstić information content (AvgIpc) is 3.22. The summed E-state index contributed by atoms with van der Waals surface area (Å²) < 4.78 is 0. The molecule has 7 heteroatoms. The van der Waals surface area contributed by atoms with Gasteiger partial charge in [0.2, 0.25) is 5.91 Å². The Morgan fingerprint density at radius 2 is 1.81 bits per heavy atom. The van der Waals surface area contributed by atoms with Crippen molar-refractivity contribution in [3.63, 3.8) is 0 Å². The Kier molecular flexibility index (Phi) is 5.68. The molecule has 2 heterocycles. The van der Waals surface area contributed by atoms with Gasteiger partial charge in [-0.05, 0) is 36.4 Å². The number of hydrogen-bond acceptors (Lipinski definition) is 4. The zero-order valence-corrected chi connectivity index (χ0v) is 15.3. The average molecular weight is 371 g/mol. The largest absolute Gasteiger partial charge is 0.359 e. The fourth-order valence-corrected chi connectivity index (χ4v) is 3.71. The van der Waals surface area contributed by atoms with Crippen LogP contribution in [0, 0.1) is 5.92 Å². The van der Waals surface area contributed by atoms with Gasteiger partial charge in [-0.1, -0.05) is 18.2 Å². The smallest absolute Gasteiger partial charge is 0.265 e. The highest BCUT2D eigenvalue weighted by Gasteiger charge is 2.28. The number of carbonyl (C=O) groups excluding carboxylic acids is 3. The van der Waals surface area contributed by atoms with Crippen LogP contribution in [0.25, 0.3) is 0 Å². The minimum Gasteiger partial charge on any atom is -0.359 e. The molecule has 3 amide bonds. The van der Waals surface area contributed by atoms with E-state index in [0.717, 1.165) is 0 Å². The highest BCUT2D eigenvalue weighted by Crippen LogP contribution is 2.23. The molecule has 0 radical (unpaired) electrons. The van der Waals surface area contributed by atoms with Crippen LogP contribution in [0.2, 0.25) is 0 Å². The molecule has 0 spiro atoms. The number of piperidine rings is 1.